The highest BCUT2D eigenvalue weighted by Gasteiger charge is 2.28. The normalized spacial score (nSPS) is 12.9. The Morgan fingerprint density at radius 3 is 2.10 bits per heavy atom. The Balaban J connectivity index is 3.08. The minimum Gasteiger partial charge on any atom is -0.399 e. The van der Waals surface area contributed by atoms with Crippen LogP contribution in [0, 0.1) is 11.3 Å². The predicted molar refractivity (Wildman–Crippen MR) is 84.7 cm³/mol. The van der Waals surface area contributed by atoms with Crippen LogP contribution in [-0.2, 0) is 10.0 Å². The fourth-order valence-electron chi connectivity index (χ4n) is 1.39. The minimum absolute atomic E-state index is 0.0184. The third-order valence-corrected chi connectivity index (χ3v) is 5.89. The van der Waals surface area contributed by atoms with E-state index in [2.05, 4.69) is 4.72 Å². The summed E-state index contributed by atoms with van der Waals surface area (Å²) < 4.78 is 27.2. The molecule has 0 saturated heterocycles. The van der Waals surface area contributed by atoms with E-state index in [0.29, 0.717) is 18.2 Å². The fraction of sp³-hybridized carbons (Fsp3) is 0.538. The molecule has 0 atom stereocenters. The zero-order valence-corrected chi connectivity index (χ0v) is 14.3. The molecule has 0 aliphatic carbocycles. The van der Waals surface area contributed by atoms with E-state index in [0.717, 1.165) is 0 Å². The summed E-state index contributed by atoms with van der Waals surface area (Å²) in [5.41, 5.74) is 5.71. The van der Waals surface area contributed by atoms with Crippen molar-refractivity contribution in [1.82, 2.24) is 4.72 Å². The van der Waals surface area contributed by atoms with Gasteiger partial charge in [-0.25, -0.2) is 13.1 Å². The van der Waals surface area contributed by atoms with Gasteiger partial charge in [-0.15, -0.1) is 0 Å². The van der Waals surface area contributed by atoms with Gasteiger partial charge in [0.2, 0.25) is 10.0 Å². The summed E-state index contributed by atoms with van der Waals surface area (Å²) in [4.78, 5) is -0.130. The van der Waals surface area contributed by atoms with Gasteiger partial charge in [0.25, 0.3) is 0 Å². The molecule has 3 N–H and O–H groups in total. The molecule has 0 spiro atoms. The highest BCUT2D eigenvalue weighted by molar-refractivity contribution is 7.89. The van der Waals surface area contributed by atoms with Crippen molar-refractivity contribution >= 4 is 38.9 Å². The Morgan fingerprint density at radius 1 is 1.25 bits per heavy atom. The van der Waals surface area contributed by atoms with Crippen molar-refractivity contribution in [3.8, 4) is 0 Å². The number of nitrogens with two attached hydrogens (primary N) is 1. The Hall–Kier alpha value is -0.490. The first-order valence-corrected chi connectivity index (χ1v) is 8.45. The largest absolute Gasteiger partial charge is 0.399 e. The maximum absolute atomic E-state index is 12.3. The Bertz CT molecular complexity index is 575. The Morgan fingerprint density at radius 2 is 1.70 bits per heavy atom. The summed E-state index contributed by atoms with van der Waals surface area (Å²) in [5, 5.41) is 0.0368. The number of halogens is 2. The summed E-state index contributed by atoms with van der Waals surface area (Å²) in [6.45, 7) is 8.36. The number of anilines is 1. The van der Waals surface area contributed by atoms with Gasteiger partial charge in [-0.3, -0.25) is 0 Å². The molecule has 0 unspecified atom stereocenters. The van der Waals surface area contributed by atoms with Crippen molar-refractivity contribution in [2.75, 3.05) is 12.3 Å². The molecule has 20 heavy (non-hydrogen) atoms. The predicted octanol–water partition coefficient (Wildman–Crippen LogP) is 3.54. The molecule has 114 valence electrons. The second-order valence-corrected chi connectivity index (χ2v) is 8.30. The highest BCUT2D eigenvalue weighted by Crippen LogP contribution is 2.32. The van der Waals surface area contributed by atoms with E-state index in [1.807, 2.05) is 27.7 Å². The molecule has 0 fully saturated rings. The molecular weight excluding hydrogens is 319 g/mol. The molecule has 0 amide bonds. The smallest absolute Gasteiger partial charge is 0.243 e. The van der Waals surface area contributed by atoms with E-state index in [1.54, 1.807) is 0 Å². The first-order valence-electron chi connectivity index (χ1n) is 6.21. The van der Waals surface area contributed by atoms with Gasteiger partial charge in [0, 0.05) is 12.2 Å². The van der Waals surface area contributed by atoms with Crippen LogP contribution in [0.15, 0.2) is 17.0 Å². The lowest BCUT2D eigenvalue weighted by Crippen LogP contribution is -2.37. The zero-order valence-electron chi connectivity index (χ0n) is 12.0. The SMILES string of the molecule is CC(C)C(C)(C)CNS(=O)(=O)c1c(Cl)cc(N)cc1Cl. The lowest BCUT2D eigenvalue weighted by molar-refractivity contribution is 0.252. The quantitative estimate of drug-likeness (QED) is 0.806. The summed E-state index contributed by atoms with van der Waals surface area (Å²) in [6, 6.07) is 2.74. The van der Waals surface area contributed by atoms with E-state index in [9.17, 15) is 8.42 Å². The minimum atomic E-state index is -3.77. The average molecular weight is 339 g/mol. The fourth-order valence-corrected chi connectivity index (χ4v) is 3.84. The van der Waals surface area contributed by atoms with Crippen LogP contribution in [0.1, 0.15) is 27.7 Å². The van der Waals surface area contributed by atoms with E-state index in [1.165, 1.54) is 12.1 Å². The van der Waals surface area contributed by atoms with Crippen LogP contribution in [0.3, 0.4) is 0 Å². The van der Waals surface area contributed by atoms with Crippen molar-refractivity contribution < 1.29 is 8.42 Å². The number of sulfonamides is 1. The molecule has 0 radical (unpaired) electrons. The molecule has 0 aromatic heterocycles. The van der Waals surface area contributed by atoms with Gasteiger partial charge in [-0.1, -0.05) is 50.9 Å². The first-order chi connectivity index (χ1) is 8.97. The van der Waals surface area contributed by atoms with Crippen LogP contribution in [0.2, 0.25) is 10.0 Å². The van der Waals surface area contributed by atoms with Crippen LogP contribution >= 0.6 is 23.2 Å². The van der Waals surface area contributed by atoms with Crippen molar-refractivity contribution in [3.63, 3.8) is 0 Å². The standard InChI is InChI=1S/C13H20Cl2N2O2S/c1-8(2)13(3,4)7-17-20(18,19)12-10(14)5-9(16)6-11(12)15/h5-6,8,17H,7,16H2,1-4H3. The number of rotatable bonds is 5. The van der Waals surface area contributed by atoms with E-state index >= 15 is 0 Å². The lowest BCUT2D eigenvalue weighted by Gasteiger charge is -2.29. The van der Waals surface area contributed by atoms with Gasteiger partial charge in [0.15, 0.2) is 0 Å². The number of nitrogens with one attached hydrogen (secondary N) is 1. The van der Waals surface area contributed by atoms with Gasteiger partial charge < -0.3 is 5.73 Å². The maximum Gasteiger partial charge on any atom is 0.243 e. The van der Waals surface area contributed by atoms with Crippen LogP contribution in [-0.4, -0.2) is 15.0 Å². The number of nitrogen functional groups attached to an aromatic ring is 1. The Kier molecular flexibility index (Phi) is 5.35. The molecule has 4 nitrogen and oxygen atoms in total. The lowest BCUT2D eigenvalue weighted by atomic mass is 9.81. The molecule has 1 rings (SSSR count). The van der Waals surface area contributed by atoms with Crippen molar-refractivity contribution in [1.29, 1.82) is 0 Å². The number of hydrogen-bond donors (Lipinski definition) is 2. The van der Waals surface area contributed by atoms with Crippen LogP contribution in [0.5, 0.6) is 0 Å². The summed E-state index contributed by atoms with van der Waals surface area (Å²) in [5.74, 6) is 0.322. The maximum atomic E-state index is 12.3. The second kappa shape index (κ2) is 6.10. The van der Waals surface area contributed by atoms with Gasteiger partial charge >= 0.3 is 0 Å². The molecule has 0 bridgehead atoms. The zero-order chi connectivity index (χ0) is 15.7. The van der Waals surface area contributed by atoms with Crippen molar-refractivity contribution in [2.45, 2.75) is 32.6 Å². The van der Waals surface area contributed by atoms with Crippen molar-refractivity contribution in [2.24, 2.45) is 11.3 Å². The monoisotopic (exact) mass is 338 g/mol. The summed E-state index contributed by atoms with van der Waals surface area (Å²) >= 11 is 11.9. The van der Waals surface area contributed by atoms with E-state index in [4.69, 9.17) is 28.9 Å². The third kappa shape index (κ3) is 4.01. The van der Waals surface area contributed by atoms with Gasteiger partial charge in [0.05, 0.1) is 10.0 Å². The van der Waals surface area contributed by atoms with E-state index in [-0.39, 0.29) is 20.4 Å². The average Bonchev–Trinajstić information content (AvgIpc) is 2.24. The molecule has 0 saturated carbocycles. The van der Waals surface area contributed by atoms with Crippen LogP contribution in [0.25, 0.3) is 0 Å². The van der Waals surface area contributed by atoms with Crippen molar-refractivity contribution in [3.05, 3.63) is 22.2 Å². The van der Waals surface area contributed by atoms with Crippen LogP contribution in [0.4, 0.5) is 5.69 Å². The van der Waals surface area contributed by atoms with Gasteiger partial charge in [-0.2, -0.15) is 0 Å². The van der Waals surface area contributed by atoms with Gasteiger partial charge in [-0.05, 0) is 23.5 Å². The number of hydrogen-bond acceptors (Lipinski definition) is 3. The molecule has 0 aliphatic heterocycles. The number of benzene rings is 1. The highest BCUT2D eigenvalue weighted by atomic mass is 35.5. The summed E-state index contributed by atoms with van der Waals surface area (Å²) in [7, 11) is -3.77. The van der Waals surface area contributed by atoms with Crippen LogP contribution < -0.4 is 10.5 Å². The molecule has 0 aliphatic rings. The molecule has 1 aromatic rings. The summed E-state index contributed by atoms with van der Waals surface area (Å²) in [6.07, 6.45) is 0. The molecule has 1 aromatic carbocycles. The Labute approximate surface area is 130 Å². The molecule has 0 heterocycles. The molecule has 7 heteroatoms. The second-order valence-electron chi connectivity index (χ2n) is 5.78. The third-order valence-electron chi connectivity index (χ3n) is 3.57. The van der Waals surface area contributed by atoms with E-state index < -0.39 is 10.0 Å². The first kappa shape index (κ1) is 17.6. The topological polar surface area (TPSA) is 72.2 Å². The van der Waals surface area contributed by atoms with Gasteiger partial charge in [0.1, 0.15) is 4.90 Å². The molecular formula is C13H20Cl2N2O2S.